The summed E-state index contributed by atoms with van der Waals surface area (Å²) in [5, 5.41) is 14.0. The molecule has 0 spiro atoms. The van der Waals surface area contributed by atoms with E-state index in [1.54, 1.807) is 6.20 Å². The Hall–Kier alpha value is -1.17. The normalized spacial score (nSPS) is 10.5. The molecule has 0 aliphatic carbocycles. The van der Waals surface area contributed by atoms with Gasteiger partial charge in [0, 0.05) is 12.2 Å². The summed E-state index contributed by atoms with van der Waals surface area (Å²) in [6.45, 7) is 4.09. The molecular formula is C10H14BrN3O2. The summed E-state index contributed by atoms with van der Waals surface area (Å²) < 4.78 is 0.619. The van der Waals surface area contributed by atoms with E-state index in [0.717, 1.165) is 12.8 Å². The maximum Gasteiger partial charge on any atom is 0.311 e. The first-order chi connectivity index (χ1) is 7.60. The Morgan fingerprint density at radius 1 is 1.50 bits per heavy atom. The number of aromatic nitrogens is 1. The predicted octanol–water partition coefficient (Wildman–Crippen LogP) is 3.35. The Labute approximate surface area is 103 Å². The van der Waals surface area contributed by atoms with Gasteiger partial charge < -0.3 is 5.32 Å². The maximum absolute atomic E-state index is 10.8. The first-order valence-electron chi connectivity index (χ1n) is 5.14. The molecule has 16 heavy (non-hydrogen) atoms. The van der Waals surface area contributed by atoms with Crippen molar-refractivity contribution in [2.45, 2.75) is 32.7 Å². The fourth-order valence-electron chi connectivity index (χ4n) is 1.40. The summed E-state index contributed by atoms with van der Waals surface area (Å²) >= 11 is 3.27. The third-order valence-electron chi connectivity index (χ3n) is 2.41. The molecule has 5 nitrogen and oxygen atoms in total. The van der Waals surface area contributed by atoms with E-state index in [1.165, 1.54) is 6.20 Å². The Kier molecular flexibility index (Phi) is 4.67. The molecule has 0 saturated carbocycles. The molecule has 0 radical (unpaired) electrons. The molecule has 1 aromatic rings. The summed E-state index contributed by atoms with van der Waals surface area (Å²) in [6, 6.07) is 0.234. The van der Waals surface area contributed by atoms with Gasteiger partial charge in [0.2, 0.25) is 0 Å². The van der Waals surface area contributed by atoms with Gasteiger partial charge >= 0.3 is 5.69 Å². The zero-order valence-electron chi connectivity index (χ0n) is 9.24. The number of halogens is 1. The van der Waals surface area contributed by atoms with Crippen molar-refractivity contribution in [3.63, 3.8) is 0 Å². The minimum Gasteiger partial charge on any atom is -0.376 e. The van der Waals surface area contributed by atoms with Crippen molar-refractivity contribution in [2.24, 2.45) is 0 Å². The topological polar surface area (TPSA) is 68.1 Å². The second kappa shape index (κ2) is 5.79. The van der Waals surface area contributed by atoms with E-state index in [2.05, 4.69) is 26.2 Å². The van der Waals surface area contributed by atoms with Crippen LogP contribution in [0.2, 0.25) is 0 Å². The number of nitro groups is 1. The van der Waals surface area contributed by atoms with Crippen LogP contribution < -0.4 is 5.32 Å². The van der Waals surface area contributed by atoms with Gasteiger partial charge in [-0.2, -0.15) is 0 Å². The maximum atomic E-state index is 10.8. The van der Waals surface area contributed by atoms with Crippen molar-refractivity contribution in [2.75, 3.05) is 5.32 Å². The minimum absolute atomic E-state index is 0.00118. The van der Waals surface area contributed by atoms with Crippen LogP contribution in [0.3, 0.4) is 0 Å². The summed E-state index contributed by atoms with van der Waals surface area (Å²) in [7, 11) is 0. The Morgan fingerprint density at radius 3 is 2.62 bits per heavy atom. The van der Waals surface area contributed by atoms with E-state index < -0.39 is 4.92 Å². The molecule has 88 valence electrons. The quantitative estimate of drug-likeness (QED) is 0.666. The van der Waals surface area contributed by atoms with Crippen molar-refractivity contribution >= 4 is 27.3 Å². The van der Waals surface area contributed by atoms with Crippen molar-refractivity contribution in [3.8, 4) is 0 Å². The van der Waals surface area contributed by atoms with E-state index in [0.29, 0.717) is 10.2 Å². The summed E-state index contributed by atoms with van der Waals surface area (Å²) in [4.78, 5) is 14.2. The van der Waals surface area contributed by atoms with Gasteiger partial charge in [-0.25, -0.2) is 0 Å². The molecule has 0 fully saturated rings. The Bertz CT molecular complexity index is 380. The van der Waals surface area contributed by atoms with Crippen molar-refractivity contribution in [3.05, 3.63) is 27.0 Å². The third-order valence-corrected chi connectivity index (χ3v) is 3.01. The average molecular weight is 288 g/mol. The van der Waals surface area contributed by atoms with Gasteiger partial charge in [-0.15, -0.1) is 0 Å². The van der Waals surface area contributed by atoms with E-state index in [9.17, 15) is 10.1 Å². The van der Waals surface area contributed by atoms with Crippen LogP contribution in [-0.2, 0) is 0 Å². The fraction of sp³-hybridized carbons (Fsp3) is 0.500. The highest BCUT2D eigenvalue weighted by Crippen LogP contribution is 2.32. The number of anilines is 1. The predicted molar refractivity (Wildman–Crippen MR) is 66.6 cm³/mol. The largest absolute Gasteiger partial charge is 0.376 e. The monoisotopic (exact) mass is 287 g/mol. The molecule has 1 rings (SSSR count). The number of pyridine rings is 1. The first kappa shape index (κ1) is 12.9. The smallest absolute Gasteiger partial charge is 0.311 e. The molecule has 0 aliphatic rings. The van der Waals surface area contributed by atoms with Crippen LogP contribution in [0.15, 0.2) is 16.9 Å². The van der Waals surface area contributed by atoms with Gasteiger partial charge in [0.1, 0.15) is 11.9 Å². The van der Waals surface area contributed by atoms with Crippen molar-refractivity contribution in [1.29, 1.82) is 0 Å². The van der Waals surface area contributed by atoms with Crippen LogP contribution in [0.1, 0.15) is 26.7 Å². The standard InChI is InChI=1S/C10H14BrN3O2/c1-3-7(4-2)13-10-8(11)5-12-6-9(10)14(15)16/h5-7H,3-4H2,1-2H3,(H,12,13). The number of nitrogens with one attached hydrogen (secondary N) is 1. The highest BCUT2D eigenvalue weighted by Gasteiger charge is 2.19. The van der Waals surface area contributed by atoms with Crippen LogP contribution in [-0.4, -0.2) is 15.9 Å². The first-order valence-corrected chi connectivity index (χ1v) is 5.93. The van der Waals surface area contributed by atoms with E-state index in [1.807, 2.05) is 13.8 Å². The zero-order valence-corrected chi connectivity index (χ0v) is 10.8. The summed E-state index contributed by atoms with van der Waals surface area (Å²) in [5.74, 6) is 0. The second-order valence-electron chi connectivity index (χ2n) is 3.43. The van der Waals surface area contributed by atoms with Crippen molar-refractivity contribution < 1.29 is 4.92 Å². The molecule has 0 aliphatic heterocycles. The van der Waals surface area contributed by atoms with Crippen LogP contribution >= 0.6 is 15.9 Å². The van der Waals surface area contributed by atoms with Crippen LogP contribution in [0.5, 0.6) is 0 Å². The van der Waals surface area contributed by atoms with Crippen LogP contribution in [0, 0.1) is 10.1 Å². The van der Waals surface area contributed by atoms with E-state index in [4.69, 9.17) is 0 Å². The number of nitrogens with zero attached hydrogens (tertiary/aromatic N) is 2. The number of hydrogen-bond donors (Lipinski definition) is 1. The van der Waals surface area contributed by atoms with Gasteiger partial charge in [0.25, 0.3) is 0 Å². The average Bonchev–Trinajstić information content (AvgIpc) is 2.27. The lowest BCUT2D eigenvalue weighted by Crippen LogP contribution is -2.18. The fourth-order valence-corrected chi connectivity index (χ4v) is 1.84. The lowest BCUT2D eigenvalue weighted by atomic mass is 10.1. The van der Waals surface area contributed by atoms with Gasteiger partial charge in [0.05, 0.1) is 9.40 Å². The number of rotatable bonds is 5. The molecule has 0 atom stereocenters. The molecule has 1 heterocycles. The Morgan fingerprint density at radius 2 is 2.12 bits per heavy atom. The van der Waals surface area contributed by atoms with E-state index in [-0.39, 0.29) is 11.7 Å². The molecular weight excluding hydrogens is 274 g/mol. The molecule has 1 N–H and O–H groups in total. The summed E-state index contributed by atoms with van der Waals surface area (Å²) in [5.41, 5.74) is 0.509. The molecule has 6 heteroatoms. The van der Waals surface area contributed by atoms with Gasteiger partial charge in [-0.3, -0.25) is 15.1 Å². The van der Waals surface area contributed by atoms with Crippen molar-refractivity contribution in [1.82, 2.24) is 4.98 Å². The van der Waals surface area contributed by atoms with Gasteiger partial charge in [0.15, 0.2) is 0 Å². The molecule has 0 aromatic carbocycles. The molecule has 0 bridgehead atoms. The molecule has 0 amide bonds. The van der Waals surface area contributed by atoms with Gasteiger partial charge in [-0.05, 0) is 28.8 Å². The molecule has 1 aromatic heterocycles. The van der Waals surface area contributed by atoms with Gasteiger partial charge in [-0.1, -0.05) is 13.8 Å². The molecule has 0 saturated heterocycles. The lowest BCUT2D eigenvalue weighted by Gasteiger charge is -2.16. The number of hydrogen-bond acceptors (Lipinski definition) is 4. The zero-order chi connectivity index (χ0) is 12.1. The second-order valence-corrected chi connectivity index (χ2v) is 4.28. The third kappa shape index (κ3) is 2.91. The highest BCUT2D eigenvalue weighted by molar-refractivity contribution is 9.10. The Balaban J connectivity index is 3.05. The van der Waals surface area contributed by atoms with Crippen LogP contribution in [0.25, 0.3) is 0 Å². The highest BCUT2D eigenvalue weighted by atomic mass is 79.9. The summed E-state index contributed by atoms with van der Waals surface area (Å²) in [6.07, 6.45) is 4.65. The minimum atomic E-state index is -0.428. The van der Waals surface area contributed by atoms with E-state index >= 15 is 0 Å². The lowest BCUT2D eigenvalue weighted by molar-refractivity contribution is -0.384. The van der Waals surface area contributed by atoms with Crippen LogP contribution in [0.4, 0.5) is 11.4 Å². The SMILES string of the molecule is CCC(CC)Nc1c(Br)cncc1[N+](=O)[O-]. The molecule has 0 unspecified atom stereocenters.